The highest BCUT2D eigenvalue weighted by atomic mass is 32.1. The first-order valence-corrected chi connectivity index (χ1v) is 8.45. The van der Waals surface area contributed by atoms with Crippen LogP contribution in [0.5, 0.6) is 0 Å². The molecule has 0 aliphatic heterocycles. The Labute approximate surface area is 148 Å². The molecule has 0 saturated heterocycles. The molecule has 2 N–H and O–H groups in total. The van der Waals surface area contributed by atoms with Gasteiger partial charge in [0.2, 0.25) is 0 Å². The lowest BCUT2D eigenvalue weighted by molar-refractivity contribution is 0.102. The Morgan fingerprint density at radius 1 is 1.16 bits per heavy atom. The summed E-state index contributed by atoms with van der Waals surface area (Å²) in [6, 6.07) is 8.67. The molecule has 25 heavy (non-hydrogen) atoms. The van der Waals surface area contributed by atoms with Crippen molar-refractivity contribution in [1.82, 2.24) is 20.2 Å². The number of carbonyl (C=O) groups is 2. The zero-order valence-electron chi connectivity index (χ0n) is 13.8. The zero-order chi connectivity index (χ0) is 17.8. The highest BCUT2D eigenvalue weighted by Crippen LogP contribution is 2.22. The minimum atomic E-state index is -0.230. The third-order valence-electron chi connectivity index (χ3n) is 3.49. The minimum Gasteiger partial charge on any atom is -0.332 e. The molecule has 0 spiro atoms. The van der Waals surface area contributed by atoms with Crippen LogP contribution in [0.4, 0.5) is 10.5 Å². The van der Waals surface area contributed by atoms with Gasteiger partial charge < -0.3 is 15.5 Å². The first kappa shape index (κ1) is 16.8. The molecule has 2 heterocycles. The van der Waals surface area contributed by atoms with Gasteiger partial charge in [-0.1, -0.05) is 0 Å². The van der Waals surface area contributed by atoms with Crippen LogP contribution < -0.4 is 10.6 Å². The maximum Gasteiger partial charge on any atom is 0.317 e. The molecule has 0 bridgehead atoms. The van der Waals surface area contributed by atoms with Crippen molar-refractivity contribution in [1.29, 1.82) is 0 Å². The van der Waals surface area contributed by atoms with Crippen molar-refractivity contribution in [3.8, 4) is 0 Å². The second-order valence-electron chi connectivity index (χ2n) is 5.58. The lowest BCUT2D eigenvalue weighted by Gasteiger charge is -2.12. The third-order valence-corrected chi connectivity index (χ3v) is 4.29. The normalized spacial score (nSPS) is 10.5. The Hall–Kier alpha value is -3.00. The summed E-state index contributed by atoms with van der Waals surface area (Å²) in [5.41, 5.74) is 4.48. The number of hydrogen-bond acceptors (Lipinski definition) is 5. The number of aromatic nitrogens is 2. The number of nitrogens with zero attached hydrogens (tertiary/aromatic N) is 3. The molecule has 3 amide bonds. The van der Waals surface area contributed by atoms with E-state index in [9.17, 15) is 9.59 Å². The van der Waals surface area contributed by atoms with Crippen molar-refractivity contribution < 1.29 is 9.59 Å². The number of thiazole rings is 1. The fourth-order valence-electron chi connectivity index (χ4n) is 2.18. The Balaban J connectivity index is 1.69. The molecule has 1 aromatic carbocycles. The quantitative estimate of drug-likeness (QED) is 0.753. The Morgan fingerprint density at radius 2 is 2.00 bits per heavy atom. The van der Waals surface area contributed by atoms with Crippen molar-refractivity contribution in [3.05, 3.63) is 53.3 Å². The van der Waals surface area contributed by atoms with Gasteiger partial charge >= 0.3 is 6.03 Å². The molecule has 0 aliphatic rings. The summed E-state index contributed by atoms with van der Waals surface area (Å²) in [5, 5.41) is 5.59. The van der Waals surface area contributed by atoms with E-state index in [0.717, 1.165) is 10.2 Å². The maximum atomic E-state index is 12.4. The van der Waals surface area contributed by atoms with E-state index < -0.39 is 0 Å². The van der Waals surface area contributed by atoms with Crippen molar-refractivity contribution in [2.45, 2.75) is 6.54 Å². The van der Waals surface area contributed by atoms with Crippen LogP contribution in [0.3, 0.4) is 0 Å². The minimum absolute atomic E-state index is 0.213. The average molecular weight is 355 g/mol. The van der Waals surface area contributed by atoms with Crippen LogP contribution in [0.2, 0.25) is 0 Å². The van der Waals surface area contributed by atoms with Gasteiger partial charge in [0.15, 0.2) is 0 Å². The summed E-state index contributed by atoms with van der Waals surface area (Å²) in [4.78, 5) is 33.8. The first-order chi connectivity index (χ1) is 12.0. The molecule has 0 aliphatic carbocycles. The molecule has 3 aromatic rings. The number of fused-ring (bicyclic) bond motifs is 1. The van der Waals surface area contributed by atoms with E-state index in [1.54, 1.807) is 37.9 Å². The van der Waals surface area contributed by atoms with Gasteiger partial charge in [0, 0.05) is 31.5 Å². The van der Waals surface area contributed by atoms with E-state index in [-0.39, 0.29) is 18.5 Å². The van der Waals surface area contributed by atoms with Crippen molar-refractivity contribution in [3.63, 3.8) is 0 Å². The van der Waals surface area contributed by atoms with E-state index in [2.05, 4.69) is 20.6 Å². The van der Waals surface area contributed by atoms with Crippen molar-refractivity contribution in [2.75, 3.05) is 19.4 Å². The van der Waals surface area contributed by atoms with Crippen LogP contribution in [0, 0.1) is 0 Å². The van der Waals surface area contributed by atoms with Gasteiger partial charge in [0.05, 0.1) is 28.0 Å². The Bertz CT molecular complexity index is 922. The van der Waals surface area contributed by atoms with Gasteiger partial charge in [-0.3, -0.25) is 9.78 Å². The molecule has 0 fully saturated rings. The molecule has 128 valence electrons. The highest BCUT2D eigenvalue weighted by molar-refractivity contribution is 7.16. The smallest absolute Gasteiger partial charge is 0.317 e. The number of hydrogen-bond donors (Lipinski definition) is 2. The van der Waals surface area contributed by atoms with E-state index in [1.807, 2.05) is 18.2 Å². The van der Waals surface area contributed by atoms with Crippen LogP contribution in [-0.2, 0) is 6.54 Å². The van der Waals surface area contributed by atoms with E-state index in [4.69, 9.17) is 0 Å². The summed E-state index contributed by atoms with van der Waals surface area (Å²) >= 11 is 1.52. The molecule has 2 aromatic heterocycles. The number of carbonyl (C=O) groups excluding carboxylic acids is 2. The van der Waals surface area contributed by atoms with Gasteiger partial charge in [-0.05, 0) is 30.3 Å². The van der Waals surface area contributed by atoms with Crippen LogP contribution in [0.1, 0.15) is 16.1 Å². The summed E-state index contributed by atoms with van der Waals surface area (Å²) in [6.45, 7) is 0.255. The summed E-state index contributed by atoms with van der Waals surface area (Å²) < 4.78 is 1.01. The monoisotopic (exact) mass is 355 g/mol. The fraction of sp³-hybridized carbons (Fsp3) is 0.176. The Kier molecular flexibility index (Phi) is 4.90. The molecular formula is C17H17N5O2S. The number of anilines is 1. The number of rotatable bonds is 4. The number of pyridine rings is 1. The molecule has 0 saturated carbocycles. The number of amides is 3. The first-order valence-electron chi connectivity index (χ1n) is 7.57. The van der Waals surface area contributed by atoms with Gasteiger partial charge in [0.25, 0.3) is 5.91 Å². The molecule has 0 atom stereocenters. The maximum absolute atomic E-state index is 12.4. The largest absolute Gasteiger partial charge is 0.332 e. The van der Waals surface area contributed by atoms with E-state index in [0.29, 0.717) is 16.9 Å². The standard InChI is InChI=1S/C17H17N5O2S/c1-22(2)17(24)19-9-13-7-11(5-6-18-13)16(23)21-12-3-4-14-15(8-12)25-10-20-14/h3-8,10H,9H2,1-2H3,(H,19,24)(H,21,23). The third kappa shape index (κ3) is 4.10. The highest BCUT2D eigenvalue weighted by Gasteiger charge is 2.09. The molecule has 7 nitrogen and oxygen atoms in total. The van der Waals surface area contributed by atoms with Gasteiger partial charge in [0.1, 0.15) is 0 Å². The summed E-state index contributed by atoms with van der Waals surface area (Å²) in [5.74, 6) is -0.230. The second-order valence-corrected chi connectivity index (χ2v) is 6.46. The van der Waals surface area contributed by atoms with Gasteiger partial charge in [-0.2, -0.15) is 0 Å². The zero-order valence-corrected chi connectivity index (χ0v) is 14.6. The predicted molar refractivity (Wildman–Crippen MR) is 97.7 cm³/mol. The lowest BCUT2D eigenvalue weighted by atomic mass is 10.2. The molecule has 0 unspecified atom stereocenters. The number of urea groups is 1. The number of benzene rings is 1. The summed E-state index contributed by atoms with van der Waals surface area (Å²) in [7, 11) is 3.32. The van der Waals surface area contributed by atoms with Crippen LogP contribution in [0.15, 0.2) is 42.0 Å². The fourth-order valence-corrected chi connectivity index (χ4v) is 2.89. The Morgan fingerprint density at radius 3 is 2.80 bits per heavy atom. The van der Waals surface area contributed by atoms with Crippen LogP contribution >= 0.6 is 11.3 Å². The van der Waals surface area contributed by atoms with Gasteiger partial charge in [-0.25, -0.2) is 9.78 Å². The van der Waals surface area contributed by atoms with Crippen molar-refractivity contribution >= 4 is 39.2 Å². The average Bonchev–Trinajstić information content (AvgIpc) is 3.07. The molecule has 0 radical (unpaired) electrons. The molecule has 3 rings (SSSR count). The number of nitrogens with one attached hydrogen (secondary N) is 2. The molecule has 8 heteroatoms. The van der Waals surface area contributed by atoms with Gasteiger partial charge in [-0.15, -0.1) is 11.3 Å². The SMILES string of the molecule is CN(C)C(=O)NCc1cc(C(=O)Nc2ccc3ncsc3c2)ccn1. The van der Waals surface area contributed by atoms with E-state index >= 15 is 0 Å². The second kappa shape index (κ2) is 7.27. The predicted octanol–water partition coefficient (Wildman–Crippen LogP) is 2.71. The van der Waals surface area contributed by atoms with Crippen LogP contribution in [-0.4, -0.2) is 40.9 Å². The lowest BCUT2D eigenvalue weighted by Crippen LogP contribution is -2.34. The topological polar surface area (TPSA) is 87.2 Å². The van der Waals surface area contributed by atoms with Crippen LogP contribution in [0.25, 0.3) is 10.2 Å². The van der Waals surface area contributed by atoms with E-state index in [1.165, 1.54) is 16.2 Å². The molecular weight excluding hydrogens is 338 g/mol. The summed E-state index contributed by atoms with van der Waals surface area (Å²) in [6.07, 6.45) is 1.55. The van der Waals surface area contributed by atoms with Crippen molar-refractivity contribution in [2.24, 2.45) is 0 Å².